The molecule has 0 spiro atoms. The van der Waals surface area contributed by atoms with Crippen LogP contribution < -0.4 is 27.0 Å². The van der Waals surface area contributed by atoms with Crippen LogP contribution in [0.15, 0.2) is 72.8 Å². The monoisotopic (exact) mass is 767 g/mol. The molecule has 12 nitrogen and oxygen atoms in total. The summed E-state index contributed by atoms with van der Waals surface area (Å²) in [6, 6.07) is 22.0. The third kappa shape index (κ3) is 12.0. The number of nitrogens with one attached hydrogen (secondary N) is 4. The number of carbonyl (C=O) groups is 5. The molecule has 3 aromatic rings. The average Bonchev–Trinajstić information content (AvgIpc) is 3.19. The van der Waals surface area contributed by atoms with Crippen LogP contribution in [0, 0.1) is 5.41 Å². The van der Waals surface area contributed by atoms with Gasteiger partial charge in [0.2, 0.25) is 23.6 Å². The first-order valence-corrected chi connectivity index (χ1v) is 20.5. The minimum absolute atomic E-state index is 0.0652. The molecule has 0 radical (unpaired) electrons. The highest BCUT2D eigenvalue weighted by Crippen LogP contribution is 2.35. The van der Waals surface area contributed by atoms with Gasteiger partial charge >= 0.3 is 6.03 Å². The maximum Gasteiger partial charge on any atom is 0.315 e. The van der Waals surface area contributed by atoms with E-state index in [4.69, 9.17) is 5.73 Å². The number of fused-ring (bicyclic) bond motifs is 1. The largest absolute Gasteiger partial charge is 0.356 e. The Labute approximate surface area is 331 Å². The molecule has 56 heavy (non-hydrogen) atoms. The van der Waals surface area contributed by atoms with Crippen LogP contribution in [0.25, 0.3) is 10.8 Å². The minimum Gasteiger partial charge on any atom is -0.356 e. The lowest BCUT2D eigenvalue weighted by molar-refractivity contribution is -0.143. The summed E-state index contributed by atoms with van der Waals surface area (Å²) < 4.78 is 0. The average molecular weight is 768 g/mol. The number of amides is 6. The Balaban J connectivity index is 1.26. The van der Waals surface area contributed by atoms with Crippen molar-refractivity contribution in [2.45, 2.75) is 103 Å². The molecule has 6 N–H and O–H groups in total. The lowest BCUT2D eigenvalue weighted by atomic mass is 9.74. The number of nitrogens with two attached hydrogens (primary N) is 1. The van der Waals surface area contributed by atoms with Gasteiger partial charge in [-0.1, -0.05) is 79.2 Å². The number of nitrogens with zero attached hydrogens (tertiary/aromatic N) is 2. The molecule has 5 rings (SSSR count). The molecule has 0 aliphatic carbocycles. The van der Waals surface area contributed by atoms with Crippen LogP contribution in [0.1, 0.15) is 82.8 Å². The lowest BCUT2D eigenvalue weighted by Crippen LogP contribution is -2.60. The van der Waals surface area contributed by atoms with Gasteiger partial charge in [-0.15, -0.1) is 0 Å². The molecular weight excluding hydrogens is 707 g/mol. The Morgan fingerprint density at radius 1 is 0.857 bits per heavy atom. The van der Waals surface area contributed by atoms with Crippen LogP contribution in [0.2, 0.25) is 0 Å². The van der Waals surface area contributed by atoms with Crippen LogP contribution in [-0.2, 0) is 32.0 Å². The highest BCUT2D eigenvalue weighted by molar-refractivity contribution is 5.90. The summed E-state index contributed by atoms with van der Waals surface area (Å²) in [7, 11) is 0. The molecule has 2 fully saturated rings. The van der Waals surface area contributed by atoms with E-state index in [0.717, 1.165) is 47.6 Å². The Kier molecular flexibility index (Phi) is 15.7. The molecule has 2 saturated heterocycles. The first kappa shape index (κ1) is 42.2. The van der Waals surface area contributed by atoms with Gasteiger partial charge in [0.25, 0.3) is 0 Å². The summed E-state index contributed by atoms with van der Waals surface area (Å²) in [6.07, 6.45) is 6.63. The first-order chi connectivity index (χ1) is 27.1. The molecule has 0 bridgehead atoms. The number of hydrogen-bond acceptors (Lipinski definition) is 6. The molecule has 1 unspecified atom stereocenters. The number of benzene rings is 3. The standard InChI is InChI=1S/C44H61N7O5/c1-3-46-42(55)44(29-33-14-6-4-7-15-33)22-13-25-51(31-44)41(54)38(28-34-20-21-35-16-9-10-17-36(35)27-34)49-43(56)48-37-18-12-24-50(30-37)40(53)26-32(2)47-39(52)19-8-5-11-23-45/h4,6-7,9-10,14-17,20-21,27,32,37-38H,3,5,8,11-13,18-19,22-26,28-31,45H2,1-2H3,(H,46,55)(H,47,52)(H2,48,49,56)/t32?,37-,38-,44+/m1/s1. The summed E-state index contributed by atoms with van der Waals surface area (Å²) >= 11 is 0. The number of hydrogen-bond donors (Lipinski definition) is 5. The first-order valence-electron chi connectivity index (χ1n) is 20.5. The van der Waals surface area contributed by atoms with E-state index in [-0.39, 0.29) is 55.1 Å². The van der Waals surface area contributed by atoms with Gasteiger partial charge in [-0.2, -0.15) is 0 Å². The number of urea groups is 1. The van der Waals surface area contributed by atoms with E-state index in [2.05, 4.69) is 27.3 Å². The number of unbranched alkanes of at least 4 members (excludes halogenated alkanes) is 2. The molecule has 0 aromatic heterocycles. The highest BCUT2D eigenvalue weighted by Gasteiger charge is 2.44. The second kappa shape index (κ2) is 20.8. The molecule has 12 heteroatoms. The van der Waals surface area contributed by atoms with Gasteiger partial charge in [0, 0.05) is 64.1 Å². The highest BCUT2D eigenvalue weighted by atomic mass is 16.2. The van der Waals surface area contributed by atoms with E-state index in [9.17, 15) is 24.0 Å². The molecule has 302 valence electrons. The van der Waals surface area contributed by atoms with Gasteiger partial charge in [-0.25, -0.2) is 4.79 Å². The second-order valence-electron chi connectivity index (χ2n) is 15.7. The fraction of sp³-hybridized carbons (Fsp3) is 0.523. The second-order valence-corrected chi connectivity index (χ2v) is 15.7. The summed E-state index contributed by atoms with van der Waals surface area (Å²) in [5.41, 5.74) is 6.68. The normalized spacial score (nSPS) is 19.4. The van der Waals surface area contributed by atoms with Crippen LogP contribution in [0.4, 0.5) is 4.79 Å². The summed E-state index contributed by atoms with van der Waals surface area (Å²) in [6.45, 7) is 6.49. The zero-order valence-corrected chi connectivity index (χ0v) is 33.2. The lowest BCUT2D eigenvalue weighted by Gasteiger charge is -2.43. The summed E-state index contributed by atoms with van der Waals surface area (Å²) in [4.78, 5) is 71.2. The smallest absolute Gasteiger partial charge is 0.315 e. The molecular formula is C44H61N7O5. The minimum atomic E-state index is -0.890. The van der Waals surface area contributed by atoms with Gasteiger partial charge in [0.1, 0.15) is 6.04 Å². The zero-order chi connectivity index (χ0) is 39.9. The number of likely N-dealkylation sites (tertiary alicyclic amines) is 2. The van der Waals surface area contributed by atoms with Crippen LogP contribution in [0.5, 0.6) is 0 Å². The molecule has 2 heterocycles. The van der Waals surface area contributed by atoms with Gasteiger partial charge < -0.3 is 36.8 Å². The van der Waals surface area contributed by atoms with Crippen molar-refractivity contribution in [3.63, 3.8) is 0 Å². The topological polar surface area (TPSA) is 166 Å². The number of piperidine rings is 2. The van der Waals surface area contributed by atoms with Crippen molar-refractivity contribution in [1.29, 1.82) is 0 Å². The number of carbonyl (C=O) groups excluding carboxylic acids is 5. The van der Waals surface area contributed by atoms with Crippen molar-refractivity contribution in [2.24, 2.45) is 11.1 Å². The maximum atomic E-state index is 14.6. The third-order valence-corrected chi connectivity index (χ3v) is 11.1. The van der Waals surface area contributed by atoms with Crippen molar-refractivity contribution in [3.05, 3.63) is 83.9 Å². The van der Waals surface area contributed by atoms with Crippen LogP contribution >= 0.6 is 0 Å². The predicted octanol–water partition coefficient (Wildman–Crippen LogP) is 4.44. The van der Waals surface area contributed by atoms with Crippen molar-refractivity contribution in [1.82, 2.24) is 31.1 Å². The van der Waals surface area contributed by atoms with E-state index in [1.165, 1.54) is 0 Å². The zero-order valence-electron chi connectivity index (χ0n) is 33.2. The molecule has 2 aliphatic rings. The van der Waals surface area contributed by atoms with Gasteiger partial charge in [0.15, 0.2) is 0 Å². The van der Waals surface area contributed by atoms with Crippen molar-refractivity contribution in [2.75, 3.05) is 39.3 Å². The van der Waals surface area contributed by atoms with E-state index in [0.29, 0.717) is 64.8 Å². The van der Waals surface area contributed by atoms with Crippen molar-refractivity contribution < 1.29 is 24.0 Å². The molecule has 0 saturated carbocycles. The Morgan fingerprint density at radius 2 is 1.61 bits per heavy atom. The fourth-order valence-corrected chi connectivity index (χ4v) is 8.19. The Hall–Kier alpha value is -4.97. The maximum absolute atomic E-state index is 14.6. The van der Waals surface area contributed by atoms with E-state index in [1.807, 2.05) is 80.6 Å². The predicted molar refractivity (Wildman–Crippen MR) is 220 cm³/mol. The fourth-order valence-electron chi connectivity index (χ4n) is 8.19. The Bertz CT molecular complexity index is 1790. The Morgan fingerprint density at radius 3 is 2.38 bits per heavy atom. The van der Waals surface area contributed by atoms with Gasteiger partial charge in [-0.05, 0) is 87.2 Å². The molecule has 4 atom stereocenters. The molecule has 6 amide bonds. The van der Waals surface area contributed by atoms with Crippen molar-refractivity contribution >= 4 is 40.4 Å². The SMILES string of the molecule is CCNC(=O)[C@]1(Cc2ccccc2)CCCN(C(=O)[C@@H](Cc2ccc3ccccc3c2)NC(=O)N[C@@H]2CCCN(C(=O)CC(C)NC(=O)CCCCCN)C2)C1. The third-order valence-electron chi connectivity index (χ3n) is 11.1. The van der Waals surface area contributed by atoms with E-state index < -0.39 is 17.5 Å². The van der Waals surface area contributed by atoms with E-state index >= 15 is 0 Å². The van der Waals surface area contributed by atoms with Crippen LogP contribution in [0.3, 0.4) is 0 Å². The van der Waals surface area contributed by atoms with E-state index in [1.54, 1.807) is 9.80 Å². The molecule has 3 aromatic carbocycles. The number of rotatable bonds is 17. The summed E-state index contributed by atoms with van der Waals surface area (Å²) in [5.74, 6) is -0.440. The molecule has 2 aliphatic heterocycles. The summed E-state index contributed by atoms with van der Waals surface area (Å²) in [5, 5.41) is 14.2. The van der Waals surface area contributed by atoms with Gasteiger partial charge in [0.05, 0.1) is 5.41 Å². The van der Waals surface area contributed by atoms with Crippen molar-refractivity contribution in [3.8, 4) is 0 Å². The van der Waals surface area contributed by atoms with Crippen LogP contribution in [-0.4, -0.2) is 96.9 Å². The quantitative estimate of drug-likeness (QED) is 0.128. The van der Waals surface area contributed by atoms with Gasteiger partial charge in [-0.3, -0.25) is 19.2 Å².